The molecule has 3 rings (SSSR count). The average molecular weight is 445 g/mol. The molecule has 0 unspecified atom stereocenters. The van der Waals surface area contributed by atoms with E-state index in [-0.39, 0.29) is 10.8 Å². The Kier molecular flexibility index (Phi) is 7.17. The zero-order valence-corrected chi connectivity index (χ0v) is 18.5. The first kappa shape index (κ1) is 21.9. The smallest absolute Gasteiger partial charge is 0.264 e. The van der Waals surface area contributed by atoms with Gasteiger partial charge in [0.05, 0.1) is 16.9 Å². The van der Waals surface area contributed by atoms with Gasteiger partial charge in [0.1, 0.15) is 0 Å². The molecule has 0 aliphatic carbocycles. The number of aryl methyl sites for hydroxylation is 1. The summed E-state index contributed by atoms with van der Waals surface area (Å²) in [5.41, 5.74) is 0.970. The number of rotatable bonds is 9. The van der Waals surface area contributed by atoms with Gasteiger partial charge in [-0.25, -0.2) is 13.4 Å². The molecular formula is C21H24N4O3S2. The number of carbonyl (C=O) groups is 1. The molecular weight excluding hydrogens is 420 g/mol. The molecule has 9 heteroatoms. The summed E-state index contributed by atoms with van der Waals surface area (Å²) in [6.45, 7) is 1.32. The summed E-state index contributed by atoms with van der Waals surface area (Å²) in [4.78, 5) is 17.5. The summed E-state index contributed by atoms with van der Waals surface area (Å²) >= 11 is 1.55. The van der Waals surface area contributed by atoms with Crippen molar-refractivity contribution >= 4 is 33.4 Å². The van der Waals surface area contributed by atoms with Crippen LogP contribution in [-0.2, 0) is 16.6 Å². The lowest BCUT2D eigenvalue weighted by Gasteiger charge is -2.20. The first-order chi connectivity index (χ1) is 14.4. The summed E-state index contributed by atoms with van der Waals surface area (Å²) in [6.07, 6.45) is 8.06. The molecule has 7 nitrogen and oxygen atoms in total. The number of nitrogens with one attached hydrogen (secondary N) is 1. The number of thioether (sulfide) groups is 1. The fourth-order valence-electron chi connectivity index (χ4n) is 2.85. The molecule has 30 heavy (non-hydrogen) atoms. The molecule has 2 aromatic carbocycles. The molecule has 0 bridgehead atoms. The number of anilines is 1. The number of carbonyl (C=O) groups excluding carboxylic acids is 1. The Balaban J connectivity index is 1.60. The van der Waals surface area contributed by atoms with Crippen molar-refractivity contribution in [3.05, 3.63) is 72.8 Å². The first-order valence-electron chi connectivity index (χ1n) is 9.39. The van der Waals surface area contributed by atoms with E-state index >= 15 is 0 Å². The normalized spacial score (nSPS) is 11.3. The SMILES string of the molecule is CSc1ccc(S(=O)(=O)N(C)c2ccc(C(=O)NCCCn3ccnc3)cc2)cc1. The molecule has 0 atom stereocenters. The number of sulfonamides is 1. The predicted molar refractivity (Wildman–Crippen MR) is 119 cm³/mol. The van der Waals surface area contributed by atoms with Crippen molar-refractivity contribution in [3.63, 3.8) is 0 Å². The zero-order valence-electron chi connectivity index (χ0n) is 16.9. The van der Waals surface area contributed by atoms with Gasteiger partial charge in [0.15, 0.2) is 0 Å². The fourth-order valence-corrected chi connectivity index (χ4v) is 4.46. The highest BCUT2D eigenvalue weighted by Crippen LogP contribution is 2.24. The van der Waals surface area contributed by atoms with Crippen LogP contribution in [0.15, 0.2) is 77.0 Å². The van der Waals surface area contributed by atoms with Crippen molar-refractivity contribution in [1.29, 1.82) is 0 Å². The van der Waals surface area contributed by atoms with Crippen LogP contribution in [0.25, 0.3) is 0 Å². The monoisotopic (exact) mass is 444 g/mol. The molecule has 0 spiro atoms. The second-order valence-corrected chi connectivity index (χ2v) is 9.45. The third-order valence-corrected chi connectivity index (χ3v) is 7.19. The highest BCUT2D eigenvalue weighted by Gasteiger charge is 2.21. The minimum absolute atomic E-state index is 0.189. The van der Waals surface area contributed by atoms with Gasteiger partial charge in [-0.2, -0.15) is 0 Å². The van der Waals surface area contributed by atoms with Crippen LogP contribution in [0.5, 0.6) is 0 Å². The van der Waals surface area contributed by atoms with Crippen molar-refractivity contribution in [2.24, 2.45) is 0 Å². The van der Waals surface area contributed by atoms with Crippen molar-refractivity contribution in [3.8, 4) is 0 Å². The molecule has 0 radical (unpaired) electrons. The number of hydrogen-bond acceptors (Lipinski definition) is 5. The molecule has 0 aliphatic rings. The van der Waals surface area contributed by atoms with E-state index in [2.05, 4.69) is 10.3 Å². The molecule has 1 N–H and O–H groups in total. The number of imidazole rings is 1. The van der Waals surface area contributed by atoms with E-state index < -0.39 is 10.0 Å². The number of hydrogen-bond donors (Lipinski definition) is 1. The summed E-state index contributed by atoms with van der Waals surface area (Å²) in [5.74, 6) is -0.189. The Morgan fingerprint density at radius 3 is 2.43 bits per heavy atom. The number of aromatic nitrogens is 2. The van der Waals surface area contributed by atoms with E-state index in [4.69, 9.17) is 0 Å². The van der Waals surface area contributed by atoms with Gasteiger partial charge in [0.25, 0.3) is 15.9 Å². The molecule has 0 aliphatic heterocycles. The second kappa shape index (κ2) is 9.82. The predicted octanol–water partition coefficient (Wildman–Crippen LogP) is 3.25. The van der Waals surface area contributed by atoms with Crippen LogP contribution >= 0.6 is 11.8 Å². The maximum Gasteiger partial charge on any atom is 0.264 e. The third kappa shape index (κ3) is 5.22. The van der Waals surface area contributed by atoms with Gasteiger partial charge in [-0.3, -0.25) is 9.10 Å². The van der Waals surface area contributed by atoms with Crippen LogP contribution < -0.4 is 9.62 Å². The lowest BCUT2D eigenvalue weighted by atomic mass is 10.2. The maximum absolute atomic E-state index is 12.9. The van der Waals surface area contributed by atoms with Crippen LogP contribution in [0, 0.1) is 0 Å². The van der Waals surface area contributed by atoms with Gasteiger partial charge in [-0.15, -0.1) is 11.8 Å². The standard InChI is InChI=1S/C21H24N4O3S2/c1-24(30(27,28)20-10-8-19(29-2)9-11-20)18-6-4-17(5-7-18)21(26)23-12-3-14-25-15-13-22-16-25/h4-11,13,15-16H,3,12,14H2,1-2H3,(H,23,26). The molecule has 158 valence electrons. The van der Waals surface area contributed by atoms with Crippen molar-refractivity contribution in [2.75, 3.05) is 24.2 Å². The molecule has 1 amide bonds. The molecule has 0 saturated heterocycles. The number of benzene rings is 2. The quantitative estimate of drug-likeness (QED) is 0.405. The zero-order chi connectivity index (χ0) is 21.6. The van der Waals surface area contributed by atoms with Crippen molar-refractivity contribution < 1.29 is 13.2 Å². The first-order valence-corrected chi connectivity index (χ1v) is 12.1. The summed E-state index contributed by atoms with van der Waals surface area (Å²) in [7, 11) is -2.17. The van der Waals surface area contributed by atoms with Gasteiger partial charge in [0, 0.05) is 43.0 Å². The second-order valence-electron chi connectivity index (χ2n) is 6.60. The number of nitrogens with zero attached hydrogens (tertiary/aromatic N) is 3. The van der Waals surface area contributed by atoms with Crippen LogP contribution in [0.1, 0.15) is 16.8 Å². The van der Waals surface area contributed by atoms with Gasteiger partial charge in [-0.1, -0.05) is 0 Å². The number of amides is 1. The minimum atomic E-state index is -3.67. The molecule has 3 aromatic rings. The Hall–Kier alpha value is -2.78. The van der Waals surface area contributed by atoms with Gasteiger partial charge < -0.3 is 9.88 Å². The van der Waals surface area contributed by atoms with Crippen LogP contribution in [-0.4, -0.2) is 43.7 Å². The summed E-state index contributed by atoms with van der Waals surface area (Å²) in [6, 6.07) is 13.3. The highest BCUT2D eigenvalue weighted by molar-refractivity contribution is 7.98. The van der Waals surface area contributed by atoms with Crippen LogP contribution in [0.2, 0.25) is 0 Å². The topological polar surface area (TPSA) is 84.3 Å². The highest BCUT2D eigenvalue weighted by atomic mass is 32.2. The van der Waals surface area contributed by atoms with Gasteiger partial charge in [-0.05, 0) is 61.2 Å². The van der Waals surface area contributed by atoms with E-state index in [1.165, 1.54) is 11.4 Å². The van der Waals surface area contributed by atoms with E-state index in [1.54, 1.807) is 72.8 Å². The van der Waals surface area contributed by atoms with E-state index in [1.807, 2.05) is 17.0 Å². The van der Waals surface area contributed by atoms with Crippen molar-refractivity contribution in [2.45, 2.75) is 22.8 Å². The lowest BCUT2D eigenvalue weighted by molar-refractivity contribution is 0.0952. The fraction of sp³-hybridized carbons (Fsp3) is 0.238. The van der Waals surface area contributed by atoms with E-state index in [9.17, 15) is 13.2 Å². The molecule has 1 heterocycles. The summed E-state index contributed by atoms with van der Waals surface area (Å²) < 4.78 is 28.9. The van der Waals surface area contributed by atoms with Gasteiger partial charge in [0.2, 0.25) is 0 Å². The maximum atomic E-state index is 12.9. The van der Waals surface area contributed by atoms with E-state index in [0.717, 1.165) is 17.9 Å². The Labute approximate surface area is 181 Å². The Bertz CT molecular complexity index is 1060. The Morgan fingerprint density at radius 2 is 1.83 bits per heavy atom. The summed E-state index contributed by atoms with van der Waals surface area (Å²) in [5, 5.41) is 2.87. The van der Waals surface area contributed by atoms with E-state index in [0.29, 0.717) is 17.8 Å². The third-order valence-electron chi connectivity index (χ3n) is 4.65. The largest absolute Gasteiger partial charge is 0.352 e. The minimum Gasteiger partial charge on any atom is -0.352 e. The van der Waals surface area contributed by atoms with Crippen molar-refractivity contribution in [1.82, 2.24) is 14.9 Å². The van der Waals surface area contributed by atoms with Gasteiger partial charge >= 0.3 is 0 Å². The molecule has 0 saturated carbocycles. The lowest BCUT2D eigenvalue weighted by Crippen LogP contribution is -2.27. The van der Waals surface area contributed by atoms with Crippen LogP contribution in [0.4, 0.5) is 5.69 Å². The molecule has 1 aromatic heterocycles. The van der Waals surface area contributed by atoms with Crippen LogP contribution in [0.3, 0.4) is 0 Å². The average Bonchev–Trinajstić information content (AvgIpc) is 3.29. The molecule has 0 fully saturated rings. The Morgan fingerprint density at radius 1 is 1.13 bits per heavy atom.